The number of fused-ring (bicyclic) bond motifs is 1. The van der Waals surface area contributed by atoms with E-state index in [1.165, 1.54) is 4.90 Å². The highest BCUT2D eigenvalue weighted by Gasteiger charge is 2.50. The van der Waals surface area contributed by atoms with Gasteiger partial charge in [0.2, 0.25) is 17.7 Å². The van der Waals surface area contributed by atoms with Crippen molar-refractivity contribution in [3.8, 4) is 5.75 Å². The molecule has 0 spiro atoms. The Morgan fingerprint density at radius 3 is 2.31 bits per heavy atom. The molecular weight excluding hydrogens is 456 g/mol. The molecule has 1 aliphatic carbocycles. The molecule has 36 heavy (non-hydrogen) atoms. The monoisotopic (exact) mass is 488 g/mol. The maximum Gasteiger partial charge on any atom is 0.316 e. The molecule has 0 radical (unpaired) electrons. The van der Waals surface area contributed by atoms with Crippen molar-refractivity contribution in [1.82, 2.24) is 0 Å². The van der Waals surface area contributed by atoms with Crippen molar-refractivity contribution in [2.75, 3.05) is 16.3 Å². The van der Waals surface area contributed by atoms with E-state index in [0.29, 0.717) is 22.9 Å². The molecule has 0 bridgehead atoms. The van der Waals surface area contributed by atoms with E-state index < -0.39 is 11.9 Å². The van der Waals surface area contributed by atoms with Gasteiger partial charge in [0.05, 0.1) is 23.4 Å². The minimum Gasteiger partial charge on any atom is -0.426 e. The van der Waals surface area contributed by atoms with Crippen LogP contribution in [0.4, 0.5) is 11.4 Å². The Balaban J connectivity index is 1.28. The second-order valence-corrected chi connectivity index (χ2v) is 10.8. The summed E-state index contributed by atoms with van der Waals surface area (Å²) in [6.45, 7) is 8.16. The number of carbonyl (C=O) groups is 4. The van der Waals surface area contributed by atoms with Gasteiger partial charge < -0.3 is 9.64 Å². The van der Waals surface area contributed by atoms with Gasteiger partial charge in [0.1, 0.15) is 5.75 Å². The molecule has 7 nitrogen and oxygen atoms in total. The van der Waals surface area contributed by atoms with Crippen molar-refractivity contribution in [1.29, 1.82) is 0 Å². The maximum absolute atomic E-state index is 13.1. The molecule has 2 aromatic rings. The fourth-order valence-corrected chi connectivity index (χ4v) is 5.99. The van der Waals surface area contributed by atoms with Gasteiger partial charge in [0.15, 0.2) is 0 Å². The van der Waals surface area contributed by atoms with Gasteiger partial charge in [-0.05, 0) is 93.0 Å². The van der Waals surface area contributed by atoms with E-state index in [1.54, 1.807) is 30.0 Å². The quantitative estimate of drug-likeness (QED) is 0.360. The predicted molar refractivity (Wildman–Crippen MR) is 136 cm³/mol. The minimum atomic E-state index is -0.565. The van der Waals surface area contributed by atoms with Crippen LogP contribution in [0.15, 0.2) is 36.4 Å². The molecule has 4 atom stereocenters. The first kappa shape index (κ1) is 24.2. The molecule has 5 rings (SSSR count). The Labute approximate surface area is 211 Å². The van der Waals surface area contributed by atoms with Crippen molar-refractivity contribution < 1.29 is 23.9 Å². The average molecular weight is 489 g/mol. The van der Waals surface area contributed by atoms with E-state index in [2.05, 4.69) is 6.92 Å². The molecule has 1 saturated carbocycles. The van der Waals surface area contributed by atoms with Gasteiger partial charge in [-0.15, -0.1) is 0 Å². The van der Waals surface area contributed by atoms with Crippen LogP contribution in [0.2, 0.25) is 0 Å². The van der Waals surface area contributed by atoms with Crippen molar-refractivity contribution in [2.24, 2.45) is 23.7 Å². The predicted octanol–water partition coefficient (Wildman–Crippen LogP) is 4.50. The number of benzene rings is 2. The van der Waals surface area contributed by atoms with Crippen LogP contribution >= 0.6 is 0 Å². The van der Waals surface area contributed by atoms with Gasteiger partial charge in [-0.2, -0.15) is 0 Å². The van der Waals surface area contributed by atoms with E-state index in [9.17, 15) is 19.2 Å². The molecule has 0 aromatic heterocycles. The SMILES string of the molecule is Cc1cc(C)cc(N2C[C@H](C(=O)Oc3ccc(N4C(=O)[C@H]5C[C@H](C)CC[C@H]5C4=O)c(C)c3)CC2=O)c1. The van der Waals surface area contributed by atoms with Crippen LogP contribution in [-0.4, -0.2) is 30.2 Å². The second-order valence-electron chi connectivity index (χ2n) is 10.8. The van der Waals surface area contributed by atoms with Crippen LogP contribution < -0.4 is 14.5 Å². The molecule has 2 aliphatic heterocycles. The van der Waals surface area contributed by atoms with Crippen molar-refractivity contribution in [3.63, 3.8) is 0 Å². The number of aryl methyl sites for hydroxylation is 3. The third-order valence-electron chi connectivity index (χ3n) is 7.79. The van der Waals surface area contributed by atoms with Crippen LogP contribution in [-0.2, 0) is 19.2 Å². The van der Waals surface area contributed by atoms with Crippen LogP contribution in [0.1, 0.15) is 49.3 Å². The number of imide groups is 1. The lowest BCUT2D eigenvalue weighted by Gasteiger charge is -2.25. The van der Waals surface area contributed by atoms with E-state index in [0.717, 1.165) is 36.1 Å². The van der Waals surface area contributed by atoms with E-state index in [-0.39, 0.29) is 42.5 Å². The molecule has 7 heteroatoms. The normalized spacial score (nSPS) is 25.9. The maximum atomic E-state index is 13.1. The van der Waals surface area contributed by atoms with Crippen LogP contribution in [0.25, 0.3) is 0 Å². The minimum absolute atomic E-state index is 0.0981. The Morgan fingerprint density at radius 2 is 1.61 bits per heavy atom. The number of hydrogen-bond acceptors (Lipinski definition) is 5. The molecule has 3 aliphatic rings. The van der Waals surface area contributed by atoms with E-state index in [1.807, 2.05) is 32.0 Å². The van der Waals surface area contributed by atoms with E-state index in [4.69, 9.17) is 4.74 Å². The molecule has 2 heterocycles. The lowest BCUT2D eigenvalue weighted by molar-refractivity contribution is -0.139. The standard InChI is InChI=1S/C29H32N2O5/c1-16-5-7-23-24(12-16)28(34)31(27(23)33)25-8-6-22(13-19(25)4)36-29(35)20-14-26(32)30(15-20)21-10-17(2)9-18(3)11-21/h6,8-11,13,16,20,23-24H,5,7,12,14-15H2,1-4H3/t16-,20-,23-,24+/m1/s1. The molecule has 3 amide bonds. The lowest BCUT2D eigenvalue weighted by atomic mass is 9.76. The molecule has 0 unspecified atom stereocenters. The van der Waals surface area contributed by atoms with E-state index >= 15 is 0 Å². The summed E-state index contributed by atoms with van der Waals surface area (Å²) in [6, 6.07) is 10.9. The van der Waals surface area contributed by atoms with Crippen LogP contribution in [0.3, 0.4) is 0 Å². The summed E-state index contributed by atoms with van der Waals surface area (Å²) < 4.78 is 5.63. The zero-order valence-electron chi connectivity index (χ0n) is 21.2. The number of nitrogens with zero attached hydrogens (tertiary/aromatic N) is 2. The van der Waals surface area contributed by atoms with Gasteiger partial charge in [-0.1, -0.05) is 13.0 Å². The third-order valence-corrected chi connectivity index (χ3v) is 7.79. The molecule has 2 aromatic carbocycles. The Kier molecular flexibility index (Phi) is 6.18. The van der Waals surface area contributed by atoms with Gasteiger partial charge in [-0.3, -0.25) is 19.2 Å². The van der Waals surface area contributed by atoms with Gasteiger partial charge in [0, 0.05) is 18.7 Å². The first-order valence-electron chi connectivity index (χ1n) is 12.7. The van der Waals surface area contributed by atoms with Crippen molar-refractivity contribution in [3.05, 3.63) is 53.1 Å². The number of ether oxygens (including phenoxy) is 1. The summed E-state index contributed by atoms with van der Waals surface area (Å²) in [7, 11) is 0. The summed E-state index contributed by atoms with van der Waals surface area (Å²) in [5, 5.41) is 0. The topological polar surface area (TPSA) is 84.0 Å². The Bertz CT molecular complexity index is 1250. The Hall–Kier alpha value is -3.48. The average Bonchev–Trinajstić information content (AvgIpc) is 3.31. The molecule has 3 fully saturated rings. The first-order chi connectivity index (χ1) is 17.1. The van der Waals surface area contributed by atoms with Crippen LogP contribution in [0.5, 0.6) is 5.75 Å². The summed E-state index contributed by atoms with van der Waals surface area (Å²) in [6.07, 6.45) is 2.56. The molecule has 188 valence electrons. The van der Waals surface area contributed by atoms with Gasteiger partial charge >= 0.3 is 5.97 Å². The molecule has 0 N–H and O–H groups in total. The number of amides is 3. The number of anilines is 2. The summed E-state index contributed by atoms with van der Waals surface area (Å²) in [5.74, 6) is -1.07. The first-order valence-corrected chi connectivity index (χ1v) is 12.7. The van der Waals surface area contributed by atoms with Gasteiger partial charge in [0.25, 0.3) is 0 Å². The second kappa shape index (κ2) is 9.19. The number of rotatable bonds is 4. The lowest BCUT2D eigenvalue weighted by Crippen LogP contribution is -2.31. The van der Waals surface area contributed by atoms with Gasteiger partial charge in [-0.25, -0.2) is 4.90 Å². The molecular formula is C29H32N2O5. The highest BCUT2D eigenvalue weighted by molar-refractivity contribution is 6.22. The number of esters is 1. The highest BCUT2D eigenvalue weighted by Crippen LogP contribution is 2.43. The summed E-state index contributed by atoms with van der Waals surface area (Å²) in [4.78, 5) is 54.7. The zero-order chi connectivity index (χ0) is 25.7. The van der Waals surface area contributed by atoms with Crippen molar-refractivity contribution in [2.45, 2.75) is 53.4 Å². The number of hydrogen-bond donors (Lipinski definition) is 0. The molecule has 2 saturated heterocycles. The van der Waals surface area contributed by atoms with Crippen molar-refractivity contribution >= 4 is 35.1 Å². The summed E-state index contributed by atoms with van der Waals surface area (Å²) in [5.41, 5.74) is 4.14. The fraction of sp³-hybridized carbons (Fsp3) is 0.448. The third kappa shape index (κ3) is 4.31. The fourth-order valence-electron chi connectivity index (χ4n) is 5.99. The zero-order valence-corrected chi connectivity index (χ0v) is 21.2. The largest absolute Gasteiger partial charge is 0.426 e. The smallest absolute Gasteiger partial charge is 0.316 e. The van der Waals surface area contributed by atoms with Crippen LogP contribution in [0, 0.1) is 44.4 Å². The Morgan fingerprint density at radius 1 is 0.917 bits per heavy atom. The summed E-state index contributed by atoms with van der Waals surface area (Å²) >= 11 is 0. The number of carbonyl (C=O) groups excluding carboxylic acids is 4. The highest BCUT2D eigenvalue weighted by atomic mass is 16.5.